The fourth-order valence-corrected chi connectivity index (χ4v) is 4.85. The number of rotatable bonds is 14. The van der Waals surface area contributed by atoms with Gasteiger partial charge in [-0.05, 0) is 35.4 Å². The van der Waals surface area contributed by atoms with Gasteiger partial charge in [-0.25, -0.2) is 5.26 Å². The Kier molecular flexibility index (Phi) is 11.5. The van der Waals surface area contributed by atoms with E-state index in [4.69, 9.17) is 31.0 Å². The Morgan fingerprint density at radius 1 is 0.667 bits per heavy atom. The molecule has 4 aromatic rings. The van der Waals surface area contributed by atoms with Crippen LogP contribution in [0.5, 0.6) is 0 Å². The second-order valence-corrected chi connectivity index (χ2v) is 10.6. The predicted octanol–water partition coefficient (Wildman–Crippen LogP) is 3.40. The lowest BCUT2D eigenvalue weighted by Gasteiger charge is -2.11. The first-order chi connectivity index (χ1) is 23.1. The number of nitrogens with one attached hydrogen (secondary N) is 6. The van der Waals surface area contributed by atoms with Crippen LogP contribution in [0.2, 0.25) is 0 Å². The van der Waals surface area contributed by atoms with E-state index in [1.807, 2.05) is 0 Å². The van der Waals surface area contributed by atoms with E-state index < -0.39 is 15.0 Å². The highest BCUT2D eigenvalue weighted by molar-refractivity contribution is 7.94. The summed E-state index contributed by atoms with van der Waals surface area (Å²) in [6, 6.07) is 17.6. The molecule has 2 heterocycles. The van der Waals surface area contributed by atoms with Gasteiger partial charge in [-0.15, -0.1) is 4.33 Å². The lowest BCUT2D eigenvalue weighted by Crippen LogP contribution is -2.07. The monoisotopic (exact) mass is 684 g/mol. The Hall–Kier alpha value is -6.62. The molecule has 240 valence electrons. The number of nitrogens with zero attached hydrogens (tertiary/aromatic N) is 6. The maximum absolute atomic E-state index is 12.4. The van der Waals surface area contributed by atoms with Crippen molar-refractivity contribution < 1.29 is 27.6 Å². The molecule has 0 saturated heterocycles. The highest BCUT2D eigenvalue weighted by atomic mass is 32.2. The largest absolute Gasteiger partial charge is 0.324 e. The van der Waals surface area contributed by atoms with E-state index in [1.54, 1.807) is 18.2 Å². The van der Waals surface area contributed by atoms with Crippen molar-refractivity contribution in [2.24, 2.45) is 0 Å². The van der Waals surface area contributed by atoms with Crippen LogP contribution < -0.4 is 31.9 Å². The van der Waals surface area contributed by atoms with Crippen molar-refractivity contribution in [3.63, 3.8) is 0 Å². The first-order valence-electron chi connectivity index (χ1n) is 12.7. The standard InChI is InChI=1S/C28H20N12O6S2/c1-5-29-23-35-24(30-6-2)38-27(37-23)33-19-13-11-17(21(15-19)47-46-45-41)9-10-18-12-14-20(16-22(18)48(42,43)44)34-28-39-25(31-7-3)36-26(40-28)32-8-4/h1-4,9-16,41H,(H,42,43,44)(H3,29,30,33,35,37,38)(H3,31,32,34,36,39,40). The molecule has 0 saturated carbocycles. The van der Waals surface area contributed by atoms with Gasteiger partial charge in [0.1, 0.15) is 4.90 Å². The third-order valence-electron chi connectivity index (χ3n) is 5.42. The zero-order valence-corrected chi connectivity index (χ0v) is 25.6. The Morgan fingerprint density at radius 2 is 1.08 bits per heavy atom. The molecule has 0 spiro atoms. The van der Waals surface area contributed by atoms with E-state index in [0.717, 1.165) is 6.07 Å². The molecule has 0 atom stereocenters. The normalized spacial score (nSPS) is 10.5. The summed E-state index contributed by atoms with van der Waals surface area (Å²) in [4.78, 5) is 24.4. The number of anilines is 8. The van der Waals surface area contributed by atoms with Crippen molar-refractivity contribution in [3.05, 3.63) is 47.5 Å². The van der Waals surface area contributed by atoms with Gasteiger partial charge in [0.05, 0.1) is 12.0 Å². The average Bonchev–Trinajstić information content (AvgIpc) is 3.04. The molecular formula is C28H20N12O6S2. The molecule has 0 aliphatic heterocycles. The topological polar surface area (TPSA) is 243 Å². The van der Waals surface area contributed by atoms with Gasteiger partial charge in [-0.3, -0.25) is 25.8 Å². The Balaban J connectivity index is 1.65. The van der Waals surface area contributed by atoms with Gasteiger partial charge in [0, 0.05) is 40.4 Å². The minimum absolute atomic E-state index is 0.0163. The van der Waals surface area contributed by atoms with Gasteiger partial charge in [0.15, 0.2) is 0 Å². The van der Waals surface area contributed by atoms with Crippen LogP contribution in [0.15, 0.2) is 46.2 Å². The molecule has 0 aliphatic carbocycles. The maximum atomic E-state index is 12.4. The minimum atomic E-state index is -4.74. The van der Waals surface area contributed by atoms with E-state index in [0.29, 0.717) is 28.2 Å². The molecule has 0 amide bonds. The zero-order valence-electron chi connectivity index (χ0n) is 24.0. The molecule has 2 aromatic carbocycles. The van der Waals surface area contributed by atoms with Gasteiger partial charge in [0.25, 0.3) is 10.1 Å². The molecule has 4 rings (SSSR count). The summed E-state index contributed by atoms with van der Waals surface area (Å²) in [6.45, 7) is 0. The summed E-state index contributed by atoms with van der Waals surface area (Å²) >= 11 is 0.626. The number of benzene rings is 2. The Morgan fingerprint density at radius 3 is 1.52 bits per heavy atom. The van der Waals surface area contributed by atoms with Crippen molar-refractivity contribution in [1.29, 1.82) is 0 Å². The van der Waals surface area contributed by atoms with Crippen molar-refractivity contribution in [2.75, 3.05) is 31.9 Å². The fraction of sp³-hybridized carbons (Fsp3) is 0. The fourth-order valence-electron chi connectivity index (χ4n) is 3.63. The van der Waals surface area contributed by atoms with Crippen molar-refractivity contribution in [1.82, 2.24) is 29.9 Å². The van der Waals surface area contributed by atoms with Gasteiger partial charge < -0.3 is 10.6 Å². The summed E-state index contributed by atoms with van der Waals surface area (Å²) < 4.78 is 39.4. The first-order valence-corrected chi connectivity index (χ1v) is 14.8. The van der Waals surface area contributed by atoms with Gasteiger partial charge in [-0.1, -0.05) is 55.0 Å². The van der Waals surface area contributed by atoms with Gasteiger partial charge in [0.2, 0.25) is 35.7 Å². The second kappa shape index (κ2) is 16.1. The predicted molar refractivity (Wildman–Crippen MR) is 178 cm³/mol. The summed E-state index contributed by atoms with van der Waals surface area (Å²) in [7, 11) is -4.74. The van der Waals surface area contributed by atoms with E-state index in [9.17, 15) is 13.0 Å². The van der Waals surface area contributed by atoms with E-state index in [2.05, 4.69) is 95.4 Å². The molecule has 2 aromatic heterocycles. The third kappa shape index (κ3) is 9.44. The first kappa shape index (κ1) is 34.3. The highest BCUT2D eigenvalue weighted by Gasteiger charge is 2.17. The van der Waals surface area contributed by atoms with Crippen LogP contribution in [0.3, 0.4) is 0 Å². The molecule has 0 fully saturated rings. The average molecular weight is 685 g/mol. The van der Waals surface area contributed by atoms with Crippen molar-refractivity contribution in [3.8, 4) is 49.9 Å². The lowest BCUT2D eigenvalue weighted by atomic mass is 10.1. The molecule has 0 aliphatic rings. The number of terminal acetylenes is 4. The van der Waals surface area contributed by atoms with Crippen LogP contribution in [0, 0.1) is 49.9 Å². The van der Waals surface area contributed by atoms with Gasteiger partial charge >= 0.3 is 0 Å². The van der Waals surface area contributed by atoms with Crippen LogP contribution in [-0.4, -0.2) is 48.1 Å². The smallest absolute Gasteiger partial charge is 0.295 e. The van der Waals surface area contributed by atoms with Crippen molar-refractivity contribution >= 4 is 81.4 Å². The summed E-state index contributed by atoms with van der Waals surface area (Å²) in [5.74, 6) is 0.0686. The zero-order chi connectivity index (χ0) is 34.5. The SMILES string of the molecule is C#CNc1nc(NC#C)nc(Nc2ccc(C=Cc3ccc(Nc4nc(NC#C)nc(NC#C)n4)cc3S(=O)(=O)O)c(SOOO)c2)n1. The summed E-state index contributed by atoms with van der Waals surface area (Å²) in [6.07, 6.45) is 24.0. The van der Waals surface area contributed by atoms with Crippen LogP contribution in [-0.2, 0) is 19.5 Å². The highest BCUT2D eigenvalue weighted by Crippen LogP contribution is 2.31. The molecule has 8 N–H and O–H groups in total. The molecule has 0 radical (unpaired) electrons. The molecular weight excluding hydrogens is 665 g/mol. The lowest BCUT2D eigenvalue weighted by molar-refractivity contribution is -0.432. The summed E-state index contributed by atoms with van der Waals surface area (Å²) in [5.41, 5.74) is 1.20. The van der Waals surface area contributed by atoms with E-state index in [-0.39, 0.29) is 46.9 Å². The summed E-state index contributed by atoms with van der Waals surface area (Å²) in [5, 5.41) is 28.2. The van der Waals surface area contributed by atoms with Crippen LogP contribution in [0.1, 0.15) is 11.1 Å². The quantitative estimate of drug-likeness (QED) is 0.0180. The maximum Gasteiger partial charge on any atom is 0.295 e. The second-order valence-electron chi connectivity index (χ2n) is 8.48. The van der Waals surface area contributed by atoms with Crippen molar-refractivity contribution in [2.45, 2.75) is 9.79 Å². The molecule has 20 heteroatoms. The van der Waals surface area contributed by atoms with E-state index >= 15 is 0 Å². The van der Waals surface area contributed by atoms with Crippen LogP contribution in [0.4, 0.5) is 47.1 Å². The minimum Gasteiger partial charge on any atom is -0.324 e. The molecule has 0 unspecified atom stereocenters. The number of hydrogen-bond acceptors (Lipinski definition) is 18. The number of aromatic nitrogens is 6. The van der Waals surface area contributed by atoms with Crippen LogP contribution in [0.25, 0.3) is 12.2 Å². The molecule has 48 heavy (non-hydrogen) atoms. The van der Waals surface area contributed by atoms with Crippen LogP contribution >= 0.6 is 12.0 Å². The molecule has 18 nitrogen and oxygen atoms in total. The Labute approximate surface area is 277 Å². The third-order valence-corrected chi connectivity index (χ3v) is 6.99. The van der Waals surface area contributed by atoms with E-state index in [1.165, 1.54) is 24.3 Å². The molecule has 0 bridgehead atoms. The number of hydrogen-bond donors (Lipinski definition) is 8. The van der Waals surface area contributed by atoms with Gasteiger partial charge in [-0.2, -0.15) is 38.3 Å². The Bertz CT molecular complexity index is 2070.